The van der Waals surface area contributed by atoms with Gasteiger partial charge in [0.2, 0.25) is 0 Å². The standard InChI is InChI=1S/C14H14Br2FNS/c1-9(6-10-2-4-11(17)5-3-10)18-8-12-7-13(15)14(16)19-12/h2-5,7,9,18H,6,8H2,1H3. The summed E-state index contributed by atoms with van der Waals surface area (Å²) in [4.78, 5) is 1.28. The molecule has 0 saturated heterocycles. The molecule has 1 atom stereocenters. The monoisotopic (exact) mass is 405 g/mol. The SMILES string of the molecule is CC(Cc1ccc(F)cc1)NCc1cc(Br)c(Br)s1. The zero-order chi connectivity index (χ0) is 13.8. The Morgan fingerprint density at radius 3 is 2.53 bits per heavy atom. The van der Waals surface area contributed by atoms with Crippen molar-refractivity contribution < 1.29 is 4.39 Å². The number of benzene rings is 1. The van der Waals surface area contributed by atoms with Crippen molar-refractivity contribution in [2.75, 3.05) is 0 Å². The fraction of sp³-hybridized carbons (Fsp3) is 0.286. The third-order valence-corrected chi connectivity index (χ3v) is 6.03. The normalized spacial score (nSPS) is 12.6. The molecule has 0 radical (unpaired) electrons. The Bertz CT molecular complexity index is 519. The van der Waals surface area contributed by atoms with Crippen molar-refractivity contribution in [2.45, 2.75) is 25.9 Å². The summed E-state index contributed by atoms with van der Waals surface area (Å²) in [5, 5.41) is 3.48. The molecule has 19 heavy (non-hydrogen) atoms. The molecule has 0 fully saturated rings. The molecular weight excluding hydrogens is 393 g/mol. The molecule has 102 valence electrons. The smallest absolute Gasteiger partial charge is 0.123 e. The molecule has 5 heteroatoms. The maximum absolute atomic E-state index is 12.8. The second-order valence-corrected chi connectivity index (χ2v) is 7.76. The van der Waals surface area contributed by atoms with E-state index >= 15 is 0 Å². The van der Waals surface area contributed by atoms with E-state index in [1.165, 1.54) is 17.0 Å². The molecule has 0 spiro atoms. The van der Waals surface area contributed by atoms with Gasteiger partial charge in [-0.15, -0.1) is 11.3 Å². The Balaban J connectivity index is 1.84. The van der Waals surface area contributed by atoms with E-state index < -0.39 is 0 Å². The first-order valence-corrected chi connectivity index (χ1v) is 8.36. The van der Waals surface area contributed by atoms with Crippen LogP contribution in [0, 0.1) is 5.82 Å². The maximum Gasteiger partial charge on any atom is 0.123 e. The predicted molar refractivity (Wildman–Crippen MR) is 86.1 cm³/mol. The van der Waals surface area contributed by atoms with E-state index in [-0.39, 0.29) is 5.82 Å². The van der Waals surface area contributed by atoms with Gasteiger partial charge < -0.3 is 5.32 Å². The van der Waals surface area contributed by atoms with Gasteiger partial charge in [0.25, 0.3) is 0 Å². The van der Waals surface area contributed by atoms with Gasteiger partial charge in [-0.25, -0.2) is 4.39 Å². The van der Waals surface area contributed by atoms with E-state index in [0.717, 1.165) is 26.8 Å². The lowest BCUT2D eigenvalue weighted by Crippen LogP contribution is -2.27. The van der Waals surface area contributed by atoms with Crippen LogP contribution in [0.3, 0.4) is 0 Å². The Labute approximate surface area is 133 Å². The van der Waals surface area contributed by atoms with Crippen LogP contribution in [0.4, 0.5) is 4.39 Å². The molecule has 1 nitrogen and oxygen atoms in total. The fourth-order valence-corrected chi connectivity index (χ4v) is 3.93. The summed E-state index contributed by atoms with van der Waals surface area (Å²) >= 11 is 8.70. The minimum absolute atomic E-state index is 0.183. The van der Waals surface area contributed by atoms with Gasteiger partial charge in [-0.3, -0.25) is 0 Å². The minimum atomic E-state index is -0.183. The summed E-state index contributed by atoms with van der Waals surface area (Å²) in [5.74, 6) is -0.183. The molecule has 1 aromatic heterocycles. The molecule has 1 N–H and O–H groups in total. The van der Waals surface area contributed by atoms with Gasteiger partial charge in [-0.2, -0.15) is 0 Å². The zero-order valence-corrected chi connectivity index (χ0v) is 14.4. The summed E-state index contributed by atoms with van der Waals surface area (Å²) in [5.41, 5.74) is 1.15. The number of halogens is 3. The van der Waals surface area contributed by atoms with Gasteiger partial charge in [-0.1, -0.05) is 12.1 Å². The molecule has 0 aliphatic rings. The first-order chi connectivity index (χ1) is 9.04. The summed E-state index contributed by atoms with van der Waals surface area (Å²) in [6, 6.07) is 9.17. The van der Waals surface area contributed by atoms with Gasteiger partial charge in [0.05, 0.1) is 3.79 Å². The van der Waals surface area contributed by atoms with Crippen molar-refractivity contribution in [2.24, 2.45) is 0 Å². The lowest BCUT2D eigenvalue weighted by Gasteiger charge is -2.13. The van der Waals surface area contributed by atoms with Crippen molar-refractivity contribution in [3.05, 3.63) is 54.8 Å². The van der Waals surface area contributed by atoms with Gasteiger partial charge in [0, 0.05) is 21.9 Å². The molecule has 0 aliphatic heterocycles. The van der Waals surface area contributed by atoms with Crippen LogP contribution >= 0.6 is 43.2 Å². The van der Waals surface area contributed by atoms with Crippen LogP contribution < -0.4 is 5.32 Å². The molecule has 0 saturated carbocycles. The van der Waals surface area contributed by atoms with E-state index in [1.54, 1.807) is 11.3 Å². The highest BCUT2D eigenvalue weighted by molar-refractivity contribution is 9.13. The number of hydrogen-bond acceptors (Lipinski definition) is 2. The molecule has 2 rings (SSSR count). The van der Waals surface area contributed by atoms with Crippen LogP contribution in [0.2, 0.25) is 0 Å². The number of nitrogens with one attached hydrogen (secondary N) is 1. The summed E-state index contributed by atoms with van der Waals surface area (Å²) < 4.78 is 15.0. The third kappa shape index (κ3) is 4.67. The van der Waals surface area contributed by atoms with E-state index in [0.29, 0.717) is 6.04 Å². The van der Waals surface area contributed by atoms with Crippen molar-refractivity contribution in [1.82, 2.24) is 5.32 Å². The lowest BCUT2D eigenvalue weighted by molar-refractivity contribution is 0.548. The van der Waals surface area contributed by atoms with Gasteiger partial charge in [0.1, 0.15) is 5.82 Å². The Hall–Kier alpha value is -0.230. The molecule has 1 heterocycles. The second kappa shape index (κ2) is 6.97. The Kier molecular flexibility index (Phi) is 5.57. The first kappa shape index (κ1) is 15.2. The average Bonchev–Trinajstić information content (AvgIpc) is 2.69. The van der Waals surface area contributed by atoms with Crippen molar-refractivity contribution in [1.29, 1.82) is 0 Å². The average molecular weight is 407 g/mol. The lowest BCUT2D eigenvalue weighted by atomic mass is 10.1. The Morgan fingerprint density at radius 1 is 1.26 bits per heavy atom. The third-order valence-electron chi connectivity index (χ3n) is 2.78. The van der Waals surface area contributed by atoms with Crippen LogP contribution in [-0.4, -0.2) is 6.04 Å². The zero-order valence-electron chi connectivity index (χ0n) is 10.4. The van der Waals surface area contributed by atoms with E-state index in [2.05, 4.69) is 50.2 Å². The number of rotatable bonds is 5. The van der Waals surface area contributed by atoms with E-state index in [1.807, 2.05) is 12.1 Å². The molecule has 1 aromatic carbocycles. The summed E-state index contributed by atoms with van der Waals surface area (Å²) in [7, 11) is 0. The molecule has 0 amide bonds. The van der Waals surface area contributed by atoms with Crippen molar-refractivity contribution >= 4 is 43.2 Å². The van der Waals surface area contributed by atoms with Crippen LogP contribution in [0.5, 0.6) is 0 Å². The van der Waals surface area contributed by atoms with Gasteiger partial charge >= 0.3 is 0 Å². The molecule has 1 unspecified atom stereocenters. The minimum Gasteiger partial charge on any atom is -0.309 e. The fourth-order valence-electron chi connectivity index (χ4n) is 1.80. The number of hydrogen-bond donors (Lipinski definition) is 1. The molecule has 0 bridgehead atoms. The molecular formula is C14H14Br2FNS. The van der Waals surface area contributed by atoms with E-state index in [9.17, 15) is 4.39 Å². The van der Waals surface area contributed by atoms with Crippen LogP contribution in [0.15, 0.2) is 38.6 Å². The topological polar surface area (TPSA) is 12.0 Å². The molecule has 0 aliphatic carbocycles. The van der Waals surface area contributed by atoms with Crippen molar-refractivity contribution in [3.63, 3.8) is 0 Å². The molecule has 2 aromatic rings. The summed E-state index contributed by atoms with van der Waals surface area (Å²) in [6.45, 7) is 2.98. The quantitative estimate of drug-likeness (QED) is 0.725. The van der Waals surface area contributed by atoms with Crippen LogP contribution in [0.25, 0.3) is 0 Å². The second-order valence-electron chi connectivity index (χ2n) is 4.45. The van der Waals surface area contributed by atoms with E-state index in [4.69, 9.17) is 0 Å². The Morgan fingerprint density at radius 2 is 1.95 bits per heavy atom. The van der Waals surface area contributed by atoms with Gasteiger partial charge in [0.15, 0.2) is 0 Å². The summed E-state index contributed by atoms with van der Waals surface area (Å²) in [6.07, 6.45) is 0.897. The highest BCUT2D eigenvalue weighted by Gasteiger charge is 2.07. The predicted octanol–water partition coefficient (Wildman–Crippen LogP) is 5.13. The van der Waals surface area contributed by atoms with Gasteiger partial charge in [-0.05, 0) is 69.0 Å². The highest BCUT2D eigenvalue weighted by atomic mass is 79.9. The first-order valence-electron chi connectivity index (χ1n) is 5.96. The van der Waals surface area contributed by atoms with Crippen LogP contribution in [0.1, 0.15) is 17.4 Å². The largest absolute Gasteiger partial charge is 0.309 e. The van der Waals surface area contributed by atoms with Crippen LogP contribution in [-0.2, 0) is 13.0 Å². The maximum atomic E-state index is 12.8. The number of thiophene rings is 1. The highest BCUT2D eigenvalue weighted by Crippen LogP contribution is 2.32. The van der Waals surface area contributed by atoms with Crippen molar-refractivity contribution in [3.8, 4) is 0 Å².